The van der Waals surface area contributed by atoms with Crippen LogP contribution in [0.3, 0.4) is 0 Å². The Kier molecular flexibility index (Phi) is 5.38. The second-order valence-electron chi connectivity index (χ2n) is 5.83. The minimum atomic E-state index is -0.100. The molecule has 1 atom stereocenters. The van der Waals surface area contributed by atoms with Crippen LogP contribution >= 0.6 is 0 Å². The fourth-order valence-electron chi connectivity index (χ4n) is 2.71. The summed E-state index contributed by atoms with van der Waals surface area (Å²) in [5.74, 6) is 0.141. The first-order chi connectivity index (χ1) is 10.1. The van der Waals surface area contributed by atoms with Crippen LogP contribution in [0.25, 0.3) is 10.8 Å². The molecular formula is C19H24O2. The molecule has 0 heterocycles. The third-order valence-corrected chi connectivity index (χ3v) is 3.66. The molecule has 0 bridgehead atoms. The predicted molar refractivity (Wildman–Crippen MR) is 87.4 cm³/mol. The van der Waals surface area contributed by atoms with Gasteiger partial charge in [-0.2, -0.15) is 0 Å². The van der Waals surface area contributed by atoms with Crippen molar-refractivity contribution in [2.45, 2.75) is 52.1 Å². The number of esters is 1. The smallest absolute Gasteiger partial charge is 0.306 e. The van der Waals surface area contributed by atoms with Crippen LogP contribution in [-0.2, 0) is 9.53 Å². The van der Waals surface area contributed by atoms with E-state index in [1.807, 2.05) is 26.0 Å². The molecule has 0 aliphatic rings. The molecule has 0 saturated carbocycles. The highest BCUT2D eigenvalue weighted by molar-refractivity contribution is 5.83. The van der Waals surface area contributed by atoms with Crippen molar-refractivity contribution in [2.75, 3.05) is 0 Å². The molecule has 0 fully saturated rings. The van der Waals surface area contributed by atoms with E-state index in [-0.39, 0.29) is 18.0 Å². The SMILES string of the molecule is CCC[C@@H](CC(=O)OC(C)C)c1ccc2ccccc2c1. The van der Waals surface area contributed by atoms with Crippen LogP contribution in [0.2, 0.25) is 0 Å². The number of benzene rings is 2. The van der Waals surface area contributed by atoms with E-state index in [0.29, 0.717) is 6.42 Å². The minimum Gasteiger partial charge on any atom is -0.463 e. The molecule has 0 amide bonds. The summed E-state index contributed by atoms with van der Waals surface area (Å²) in [6, 6.07) is 14.8. The van der Waals surface area contributed by atoms with E-state index >= 15 is 0 Å². The highest BCUT2D eigenvalue weighted by atomic mass is 16.5. The maximum absolute atomic E-state index is 12.0. The van der Waals surface area contributed by atoms with E-state index in [1.54, 1.807) is 0 Å². The first-order valence-corrected chi connectivity index (χ1v) is 7.78. The van der Waals surface area contributed by atoms with Crippen LogP contribution in [0.5, 0.6) is 0 Å². The van der Waals surface area contributed by atoms with Crippen molar-refractivity contribution in [3.8, 4) is 0 Å². The number of hydrogen-bond acceptors (Lipinski definition) is 2. The highest BCUT2D eigenvalue weighted by Crippen LogP contribution is 2.28. The van der Waals surface area contributed by atoms with Gasteiger partial charge in [0.25, 0.3) is 0 Å². The van der Waals surface area contributed by atoms with Gasteiger partial charge in [-0.3, -0.25) is 4.79 Å². The highest BCUT2D eigenvalue weighted by Gasteiger charge is 2.17. The molecule has 21 heavy (non-hydrogen) atoms. The average Bonchev–Trinajstić information content (AvgIpc) is 2.45. The molecule has 0 radical (unpaired) electrons. The fraction of sp³-hybridized carbons (Fsp3) is 0.421. The Morgan fingerprint density at radius 3 is 2.48 bits per heavy atom. The average molecular weight is 284 g/mol. The molecule has 0 aromatic heterocycles. The summed E-state index contributed by atoms with van der Waals surface area (Å²) >= 11 is 0. The Bertz CT molecular complexity index is 601. The molecule has 2 aromatic rings. The van der Waals surface area contributed by atoms with Crippen molar-refractivity contribution in [2.24, 2.45) is 0 Å². The predicted octanol–water partition coefficient (Wildman–Crippen LogP) is 5.07. The number of rotatable bonds is 6. The molecule has 0 unspecified atom stereocenters. The summed E-state index contributed by atoms with van der Waals surface area (Å²) in [4.78, 5) is 12.0. The second-order valence-corrected chi connectivity index (χ2v) is 5.83. The van der Waals surface area contributed by atoms with Gasteiger partial charge in [-0.1, -0.05) is 55.8 Å². The van der Waals surface area contributed by atoms with Gasteiger partial charge in [0, 0.05) is 0 Å². The zero-order valence-corrected chi connectivity index (χ0v) is 13.1. The van der Waals surface area contributed by atoms with E-state index in [4.69, 9.17) is 4.74 Å². The Morgan fingerprint density at radius 1 is 1.10 bits per heavy atom. The summed E-state index contributed by atoms with van der Waals surface area (Å²) in [5, 5.41) is 2.47. The van der Waals surface area contributed by atoms with Crippen molar-refractivity contribution in [3.05, 3.63) is 48.0 Å². The molecule has 2 rings (SSSR count). The second kappa shape index (κ2) is 7.26. The third-order valence-electron chi connectivity index (χ3n) is 3.66. The first kappa shape index (κ1) is 15.6. The third kappa shape index (κ3) is 4.32. The van der Waals surface area contributed by atoms with Crippen LogP contribution in [-0.4, -0.2) is 12.1 Å². The molecule has 112 valence electrons. The monoisotopic (exact) mass is 284 g/mol. The zero-order chi connectivity index (χ0) is 15.2. The lowest BCUT2D eigenvalue weighted by Crippen LogP contribution is -2.15. The van der Waals surface area contributed by atoms with Gasteiger partial charge in [0.05, 0.1) is 12.5 Å². The van der Waals surface area contributed by atoms with Crippen molar-refractivity contribution >= 4 is 16.7 Å². The number of carbonyl (C=O) groups excluding carboxylic acids is 1. The standard InChI is InChI=1S/C19H24O2/c1-4-7-16(13-19(20)21-14(2)3)18-11-10-15-8-5-6-9-17(15)12-18/h5-6,8-12,14,16H,4,7,13H2,1-3H3/t16-/m0/s1. The molecule has 2 aromatic carbocycles. The molecule has 0 N–H and O–H groups in total. The fourth-order valence-corrected chi connectivity index (χ4v) is 2.71. The molecule has 2 heteroatoms. The lowest BCUT2D eigenvalue weighted by molar-refractivity contribution is -0.147. The quantitative estimate of drug-likeness (QED) is 0.693. The van der Waals surface area contributed by atoms with Crippen molar-refractivity contribution < 1.29 is 9.53 Å². The van der Waals surface area contributed by atoms with E-state index in [0.717, 1.165) is 12.8 Å². The van der Waals surface area contributed by atoms with Gasteiger partial charge in [0.15, 0.2) is 0 Å². The zero-order valence-electron chi connectivity index (χ0n) is 13.1. The van der Waals surface area contributed by atoms with E-state index in [2.05, 4.69) is 37.3 Å². The van der Waals surface area contributed by atoms with E-state index < -0.39 is 0 Å². The topological polar surface area (TPSA) is 26.3 Å². The maximum Gasteiger partial charge on any atom is 0.306 e. The Labute approximate surface area is 127 Å². The van der Waals surface area contributed by atoms with Gasteiger partial charge < -0.3 is 4.74 Å². The summed E-state index contributed by atoms with van der Waals surface area (Å²) in [7, 11) is 0. The lowest BCUT2D eigenvalue weighted by Gasteiger charge is -2.17. The maximum atomic E-state index is 12.0. The minimum absolute atomic E-state index is 0.0450. The number of fused-ring (bicyclic) bond motifs is 1. The van der Waals surface area contributed by atoms with Crippen molar-refractivity contribution in [3.63, 3.8) is 0 Å². The molecule has 0 saturated heterocycles. The van der Waals surface area contributed by atoms with Gasteiger partial charge in [0.2, 0.25) is 0 Å². The molecule has 2 nitrogen and oxygen atoms in total. The molecule has 0 aliphatic heterocycles. The van der Waals surface area contributed by atoms with E-state index in [9.17, 15) is 4.79 Å². The summed E-state index contributed by atoms with van der Waals surface area (Å²) in [6.45, 7) is 5.94. The Balaban J connectivity index is 2.20. The van der Waals surface area contributed by atoms with Crippen LogP contribution in [0.15, 0.2) is 42.5 Å². The molecular weight excluding hydrogens is 260 g/mol. The number of ether oxygens (including phenoxy) is 1. The van der Waals surface area contributed by atoms with Crippen LogP contribution in [0.4, 0.5) is 0 Å². The van der Waals surface area contributed by atoms with Gasteiger partial charge in [0.1, 0.15) is 0 Å². The Morgan fingerprint density at radius 2 is 1.81 bits per heavy atom. The van der Waals surface area contributed by atoms with Gasteiger partial charge >= 0.3 is 5.97 Å². The normalized spacial score (nSPS) is 12.6. The van der Waals surface area contributed by atoms with Gasteiger partial charge in [-0.25, -0.2) is 0 Å². The van der Waals surface area contributed by atoms with Crippen LogP contribution < -0.4 is 0 Å². The van der Waals surface area contributed by atoms with Crippen molar-refractivity contribution in [1.82, 2.24) is 0 Å². The largest absolute Gasteiger partial charge is 0.463 e. The van der Waals surface area contributed by atoms with E-state index in [1.165, 1.54) is 16.3 Å². The molecule has 0 spiro atoms. The summed E-state index contributed by atoms with van der Waals surface area (Å²) < 4.78 is 5.30. The van der Waals surface area contributed by atoms with Crippen LogP contribution in [0, 0.1) is 0 Å². The first-order valence-electron chi connectivity index (χ1n) is 7.78. The van der Waals surface area contributed by atoms with Gasteiger partial charge in [-0.15, -0.1) is 0 Å². The van der Waals surface area contributed by atoms with Gasteiger partial charge in [-0.05, 0) is 42.5 Å². The number of carbonyl (C=O) groups is 1. The summed E-state index contributed by atoms with van der Waals surface area (Å²) in [6.07, 6.45) is 2.49. The van der Waals surface area contributed by atoms with Crippen LogP contribution in [0.1, 0.15) is 51.5 Å². The molecule has 0 aliphatic carbocycles. The number of hydrogen-bond donors (Lipinski definition) is 0. The summed E-state index contributed by atoms with van der Waals surface area (Å²) in [5.41, 5.74) is 1.23. The lowest BCUT2D eigenvalue weighted by atomic mass is 9.90. The van der Waals surface area contributed by atoms with Crippen molar-refractivity contribution in [1.29, 1.82) is 0 Å². The Hall–Kier alpha value is -1.83.